The third kappa shape index (κ3) is 2.26. The molecule has 1 N–H and O–H groups in total. The van der Waals surface area contributed by atoms with Crippen molar-refractivity contribution in [2.75, 3.05) is 6.54 Å². The van der Waals surface area contributed by atoms with Crippen LogP contribution < -0.4 is 0 Å². The summed E-state index contributed by atoms with van der Waals surface area (Å²) in [5, 5.41) is 9.55. The number of carbonyl (C=O) groups is 2. The van der Waals surface area contributed by atoms with Gasteiger partial charge in [0.2, 0.25) is 0 Å². The molecule has 1 heterocycles. The smallest absolute Gasteiger partial charge is 0.256 e. The molecule has 4 nitrogen and oxygen atoms in total. The van der Waals surface area contributed by atoms with Crippen LogP contribution in [0, 0.1) is 0 Å². The van der Waals surface area contributed by atoms with Gasteiger partial charge in [-0.25, -0.2) is 0 Å². The standard InChI is InChI=1S/C11H17NO3/c1-4-5-9(13)6-12-10(14)7(2)8(3)11(12)15/h9,13H,4-6H2,1-3H3. The molecule has 1 aliphatic heterocycles. The lowest BCUT2D eigenvalue weighted by Crippen LogP contribution is -2.38. The molecule has 1 atom stereocenters. The first-order valence-electron chi connectivity index (χ1n) is 5.20. The van der Waals surface area contributed by atoms with E-state index in [0.29, 0.717) is 17.6 Å². The van der Waals surface area contributed by atoms with Crippen LogP contribution in [0.2, 0.25) is 0 Å². The summed E-state index contributed by atoms with van der Waals surface area (Å²) in [6, 6.07) is 0. The fraction of sp³-hybridized carbons (Fsp3) is 0.636. The number of β-amino-alcohol motifs (C(OH)–C–C–N with tert-alkyl or cyclic N) is 1. The van der Waals surface area contributed by atoms with Gasteiger partial charge in [0, 0.05) is 11.1 Å². The predicted octanol–water partition coefficient (Wildman–Crippen LogP) is 0.853. The third-order valence-electron chi connectivity index (χ3n) is 2.71. The van der Waals surface area contributed by atoms with Gasteiger partial charge in [0.25, 0.3) is 11.8 Å². The minimum absolute atomic E-state index is 0.111. The Hall–Kier alpha value is -1.16. The van der Waals surface area contributed by atoms with Gasteiger partial charge in [-0.15, -0.1) is 0 Å². The molecule has 0 spiro atoms. The number of amides is 2. The van der Waals surface area contributed by atoms with E-state index in [1.807, 2.05) is 6.92 Å². The van der Waals surface area contributed by atoms with Gasteiger partial charge in [0.05, 0.1) is 12.6 Å². The fourth-order valence-electron chi connectivity index (χ4n) is 1.62. The first-order valence-corrected chi connectivity index (χ1v) is 5.20. The molecule has 1 aliphatic rings. The molecule has 1 rings (SSSR count). The Kier molecular flexibility index (Phi) is 3.63. The molecule has 0 aromatic heterocycles. The highest BCUT2D eigenvalue weighted by atomic mass is 16.3. The van der Waals surface area contributed by atoms with Crippen molar-refractivity contribution in [1.29, 1.82) is 0 Å². The molecular formula is C11H17NO3. The minimum atomic E-state index is -0.610. The summed E-state index contributed by atoms with van der Waals surface area (Å²) in [7, 11) is 0. The van der Waals surface area contributed by atoms with E-state index in [0.717, 1.165) is 11.3 Å². The van der Waals surface area contributed by atoms with Crippen LogP contribution >= 0.6 is 0 Å². The molecule has 0 radical (unpaired) electrons. The minimum Gasteiger partial charge on any atom is -0.391 e. The molecular weight excluding hydrogens is 194 g/mol. The summed E-state index contributed by atoms with van der Waals surface area (Å²) in [5.41, 5.74) is 0.979. The summed E-state index contributed by atoms with van der Waals surface area (Å²) in [6.45, 7) is 5.34. The number of hydrogen-bond donors (Lipinski definition) is 1. The Morgan fingerprint density at radius 2 is 1.67 bits per heavy atom. The number of imide groups is 1. The zero-order valence-electron chi connectivity index (χ0n) is 9.41. The predicted molar refractivity (Wildman–Crippen MR) is 56.0 cm³/mol. The average molecular weight is 211 g/mol. The monoisotopic (exact) mass is 211 g/mol. The average Bonchev–Trinajstić information content (AvgIpc) is 2.36. The van der Waals surface area contributed by atoms with Crippen LogP contribution in [0.25, 0.3) is 0 Å². The molecule has 84 valence electrons. The van der Waals surface area contributed by atoms with Gasteiger partial charge in [-0.1, -0.05) is 13.3 Å². The zero-order chi connectivity index (χ0) is 11.6. The van der Waals surface area contributed by atoms with Crippen LogP contribution in [0.3, 0.4) is 0 Å². The Balaban J connectivity index is 2.68. The SMILES string of the molecule is CCCC(O)CN1C(=O)C(C)=C(C)C1=O. The normalized spacial score (nSPS) is 19.1. The summed E-state index contributed by atoms with van der Waals surface area (Å²) >= 11 is 0. The van der Waals surface area contributed by atoms with Crippen molar-refractivity contribution >= 4 is 11.8 Å². The second kappa shape index (κ2) is 4.57. The number of carbonyl (C=O) groups excluding carboxylic acids is 2. The van der Waals surface area contributed by atoms with Gasteiger partial charge in [-0.05, 0) is 20.3 Å². The number of rotatable bonds is 4. The van der Waals surface area contributed by atoms with Crippen molar-refractivity contribution in [2.24, 2.45) is 0 Å². The van der Waals surface area contributed by atoms with Crippen molar-refractivity contribution in [1.82, 2.24) is 4.90 Å². The van der Waals surface area contributed by atoms with E-state index in [-0.39, 0.29) is 18.4 Å². The molecule has 0 bridgehead atoms. The van der Waals surface area contributed by atoms with Crippen LogP contribution in [-0.4, -0.2) is 34.5 Å². The maximum atomic E-state index is 11.6. The maximum Gasteiger partial charge on any atom is 0.256 e. The van der Waals surface area contributed by atoms with Crippen molar-refractivity contribution < 1.29 is 14.7 Å². The van der Waals surface area contributed by atoms with Gasteiger partial charge in [-0.3, -0.25) is 14.5 Å². The highest BCUT2D eigenvalue weighted by molar-refractivity contribution is 6.18. The molecule has 0 aromatic carbocycles. The molecule has 0 aromatic rings. The Morgan fingerprint density at radius 1 is 1.20 bits per heavy atom. The Bertz CT molecular complexity index is 296. The van der Waals surface area contributed by atoms with Crippen molar-refractivity contribution in [2.45, 2.75) is 39.7 Å². The number of aliphatic hydroxyl groups excluding tert-OH is 1. The number of aliphatic hydroxyl groups is 1. The zero-order valence-corrected chi connectivity index (χ0v) is 9.41. The lowest BCUT2D eigenvalue weighted by molar-refractivity contribution is -0.139. The lowest BCUT2D eigenvalue weighted by atomic mass is 10.2. The summed E-state index contributed by atoms with van der Waals surface area (Å²) in [4.78, 5) is 24.3. The highest BCUT2D eigenvalue weighted by Crippen LogP contribution is 2.20. The van der Waals surface area contributed by atoms with Gasteiger partial charge >= 0.3 is 0 Å². The van der Waals surface area contributed by atoms with Crippen molar-refractivity contribution in [3.05, 3.63) is 11.1 Å². The van der Waals surface area contributed by atoms with Crippen LogP contribution in [0.15, 0.2) is 11.1 Å². The molecule has 4 heteroatoms. The first-order chi connectivity index (χ1) is 6.99. The topological polar surface area (TPSA) is 57.6 Å². The van der Waals surface area contributed by atoms with Crippen LogP contribution in [0.5, 0.6) is 0 Å². The quantitative estimate of drug-likeness (QED) is 0.701. The number of nitrogens with zero attached hydrogens (tertiary/aromatic N) is 1. The molecule has 1 unspecified atom stereocenters. The third-order valence-corrected chi connectivity index (χ3v) is 2.71. The number of hydrogen-bond acceptors (Lipinski definition) is 3. The molecule has 2 amide bonds. The summed E-state index contributed by atoms with van der Waals surface area (Å²) in [6.07, 6.45) is 0.833. The Labute approximate surface area is 89.6 Å². The van der Waals surface area contributed by atoms with Crippen molar-refractivity contribution in [3.8, 4) is 0 Å². The Morgan fingerprint density at radius 3 is 2.07 bits per heavy atom. The van der Waals surface area contributed by atoms with E-state index in [2.05, 4.69) is 0 Å². The van der Waals surface area contributed by atoms with Crippen LogP contribution in [-0.2, 0) is 9.59 Å². The first kappa shape index (κ1) is 11.9. The van der Waals surface area contributed by atoms with Gasteiger partial charge in [0.1, 0.15) is 0 Å². The molecule has 0 saturated carbocycles. The molecule has 0 fully saturated rings. The van der Waals surface area contributed by atoms with E-state index in [1.165, 1.54) is 0 Å². The van der Waals surface area contributed by atoms with Crippen LogP contribution in [0.1, 0.15) is 33.6 Å². The highest BCUT2D eigenvalue weighted by Gasteiger charge is 2.34. The van der Waals surface area contributed by atoms with Crippen molar-refractivity contribution in [3.63, 3.8) is 0 Å². The van der Waals surface area contributed by atoms with Gasteiger partial charge in [0.15, 0.2) is 0 Å². The largest absolute Gasteiger partial charge is 0.391 e. The second-order valence-corrected chi connectivity index (χ2v) is 3.91. The maximum absolute atomic E-state index is 11.6. The van der Waals surface area contributed by atoms with Gasteiger partial charge in [-0.2, -0.15) is 0 Å². The molecule has 15 heavy (non-hydrogen) atoms. The fourth-order valence-corrected chi connectivity index (χ4v) is 1.62. The van der Waals surface area contributed by atoms with E-state index >= 15 is 0 Å². The summed E-state index contributed by atoms with van der Waals surface area (Å²) < 4.78 is 0. The molecule has 0 aliphatic carbocycles. The summed E-state index contributed by atoms with van der Waals surface area (Å²) in [5.74, 6) is -0.541. The van der Waals surface area contributed by atoms with E-state index in [4.69, 9.17) is 0 Å². The second-order valence-electron chi connectivity index (χ2n) is 3.91. The lowest BCUT2D eigenvalue weighted by Gasteiger charge is -2.18. The van der Waals surface area contributed by atoms with Crippen LogP contribution in [0.4, 0.5) is 0 Å². The van der Waals surface area contributed by atoms with E-state index < -0.39 is 6.10 Å². The van der Waals surface area contributed by atoms with E-state index in [9.17, 15) is 14.7 Å². The van der Waals surface area contributed by atoms with E-state index in [1.54, 1.807) is 13.8 Å². The molecule has 0 saturated heterocycles. The van der Waals surface area contributed by atoms with Gasteiger partial charge < -0.3 is 5.11 Å².